The van der Waals surface area contributed by atoms with Gasteiger partial charge in [-0.05, 0) is 71.7 Å². The van der Waals surface area contributed by atoms with Crippen molar-refractivity contribution < 1.29 is 9.47 Å². The van der Waals surface area contributed by atoms with Crippen LogP contribution < -0.4 is 14.8 Å². The summed E-state index contributed by atoms with van der Waals surface area (Å²) in [4.78, 5) is 0. The van der Waals surface area contributed by atoms with E-state index in [9.17, 15) is 0 Å². The number of hydrogen-bond acceptors (Lipinski definition) is 3. The van der Waals surface area contributed by atoms with Crippen molar-refractivity contribution in [2.45, 2.75) is 32.1 Å². The van der Waals surface area contributed by atoms with Crippen molar-refractivity contribution in [3.8, 4) is 11.5 Å². The van der Waals surface area contributed by atoms with Crippen molar-refractivity contribution in [2.24, 2.45) is 5.92 Å². The Morgan fingerprint density at radius 2 is 2.05 bits per heavy atom. The molecule has 2 rings (SSSR count). The third-order valence-electron chi connectivity index (χ3n) is 4.17. The molecule has 4 heteroatoms. The molecule has 1 aromatic carbocycles. The summed E-state index contributed by atoms with van der Waals surface area (Å²) in [7, 11) is 3.41. The van der Waals surface area contributed by atoms with Crippen LogP contribution in [0.3, 0.4) is 0 Å². The van der Waals surface area contributed by atoms with E-state index in [0.717, 1.165) is 35.0 Å². The summed E-state index contributed by atoms with van der Waals surface area (Å²) in [6, 6.07) is 4.18. The standard InChI is InChI=1S/C16H24BrNO2/c1-4-9-18-10-11-5-6-12(11)13-7-8-14(19-2)15(17)16(13)20-3/h7-8,11-12,18H,4-6,9-10H2,1-3H3. The molecule has 1 aliphatic rings. The van der Waals surface area contributed by atoms with Gasteiger partial charge in [0.05, 0.1) is 14.2 Å². The number of nitrogens with one attached hydrogen (secondary N) is 1. The van der Waals surface area contributed by atoms with Crippen molar-refractivity contribution in [1.82, 2.24) is 5.32 Å². The molecule has 1 aliphatic carbocycles. The lowest BCUT2D eigenvalue weighted by Gasteiger charge is -2.38. The fourth-order valence-corrected chi connectivity index (χ4v) is 3.58. The van der Waals surface area contributed by atoms with Gasteiger partial charge in [-0.2, -0.15) is 0 Å². The highest BCUT2D eigenvalue weighted by Gasteiger charge is 2.34. The minimum Gasteiger partial charge on any atom is -0.495 e. The van der Waals surface area contributed by atoms with Crippen LogP contribution in [0.25, 0.3) is 0 Å². The van der Waals surface area contributed by atoms with Gasteiger partial charge in [0.25, 0.3) is 0 Å². The summed E-state index contributed by atoms with van der Waals surface area (Å²) in [6.07, 6.45) is 3.73. The van der Waals surface area contributed by atoms with Crippen LogP contribution in [0, 0.1) is 5.92 Å². The molecular formula is C16H24BrNO2. The molecule has 1 N–H and O–H groups in total. The van der Waals surface area contributed by atoms with E-state index >= 15 is 0 Å². The second kappa shape index (κ2) is 7.32. The Balaban J connectivity index is 2.14. The molecule has 1 fully saturated rings. The zero-order valence-electron chi connectivity index (χ0n) is 12.5. The fraction of sp³-hybridized carbons (Fsp3) is 0.625. The lowest BCUT2D eigenvalue weighted by atomic mass is 9.69. The maximum absolute atomic E-state index is 5.60. The van der Waals surface area contributed by atoms with Gasteiger partial charge >= 0.3 is 0 Å². The largest absolute Gasteiger partial charge is 0.495 e. The van der Waals surface area contributed by atoms with E-state index in [1.807, 2.05) is 6.07 Å². The first-order valence-corrected chi connectivity index (χ1v) is 8.13. The van der Waals surface area contributed by atoms with Crippen LogP contribution >= 0.6 is 15.9 Å². The van der Waals surface area contributed by atoms with Crippen LogP contribution in [-0.4, -0.2) is 27.3 Å². The van der Waals surface area contributed by atoms with Gasteiger partial charge in [-0.15, -0.1) is 0 Å². The number of halogens is 1. The summed E-state index contributed by atoms with van der Waals surface area (Å²) < 4.78 is 11.9. The lowest BCUT2D eigenvalue weighted by molar-refractivity contribution is 0.239. The number of ether oxygens (including phenoxy) is 2. The van der Waals surface area contributed by atoms with Crippen LogP contribution in [0.15, 0.2) is 16.6 Å². The Morgan fingerprint density at radius 3 is 2.60 bits per heavy atom. The third-order valence-corrected chi connectivity index (χ3v) is 4.92. The number of rotatable bonds is 7. The van der Waals surface area contributed by atoms with Crippen LogP contribution in [0.1, 0.15) is 37.7 Å². The molecule has 0 radical (unpaired) electrons. The van der Waals surface area contributed by atoms with E-state index < -0.39 is 0 Å². The second-order valence-electron chi connectivity index (χ2n) is 5.35. The van der Waals surface area contributed by atoms with Gasteiger partial charge in [0.2, 0.25) is 0 Å². The van der Waals surface area contributed by atoms with Gasteiger partial charge in [-0.1, -0.05) is 13.0 Å². The van der Waals surface area contributed by atoms with Gasteiger partial charge in [0.15, 0.2) is 0 Å². The highest BCUT2D eigenvalue weighted by molar-refractivity contribution is 9.10. The highest BCUT2D eigenvalue weighted by atomic mass is 79.9. The average Bonchev–Trinajstić information content (AvgIpc) is 2.43. The Morgan fingerprint density at radius 1 is 1.25 bits per heavy atom. The summed E-state index contributed by atoms with van der Waals surface area (Å²) in [6.45, 7) is 4.41. The van der Waals surface area contributed by atoms with Crippen molar-refractivity contribution in [3.63, 3.8) is 0 Å². The van der Waals surface area contributed by atoms with Crippen molar-refractivity contribution >= 4 is 15.9 Å². The highest BCUT2D eigenvalue weighted by Crippen LogP contribution is 2.49. The summed E-state index contributed by atoms with van der Waals surface area (Å²) in [5, 5.41) is 3.53. The van der Waals surface area contributed by atoms with E-state index in [-0.39, 0.29) is 0 Å². The second-order valence-corrected chi connectivity index (χ2v) is 6.15. The molecule has 0 bridgehead atoms. The lowest BCUT2D eigenvalue weighted by Crippen LogP contribution is -2.34. The Kier molecular flexibility index (Phi) is 5.73. The summed E-state index contributed by atoms with van der Waals surface area (Å²) in [5.74, 6) is 3.06. The molecule has 0 heterocycles. The maximum Gasteiger partial charge on any atom is 0.140 e. The van der Waals surface area contributed by atoms with E-state index in [1.54, 1.807) is 14.2 Å². The fourth-order valence-electron chi connectivity index (χ4n) is 2.90. The zero-order chi connectivity index (χ0) is 14.5. The molecule has 20 heavy (non-hydrogen) atoms. The Labute approximate surface area is 130 Å². The summed E-state index contributed by atoms with van der Waals surface area (Å²) >= 11 is 3.59. The topological polar surface area (TPSA) is 30.5 Å². The van der Waals surface area contributed by atoms with Crippen LogP contribution in [0.5, 0.6) is 11.5 Å². The molecular weight excluding hydrogens is 318 g/mol. The molecule has 0 saturated heterocycles. The van der Waals surface area contributed by atoms with E-state index in [1.165, 1.54) is 24.8 Å². The van der Waals surface area contributed by atoms with Crippen molar-refractivity contribution in [1.29, 1.82) is 0 Å². The number of benzene rings is 1. The van der Waals surface area contributed by atoms with Crippen molar-refractivity contribution in [3.05, 3.63) is 22.2 Å². The summed E-state index contributed by atoms with van der Waals surface area (Å²) in [5.41, 5.74) is 1.30. The molecule has 112 valence electrons. The van der Waals surface area contributed by atoms with Crippen LogP contribution in [0.2, 0.25) is 0 Å². The van der Waals surface area contributed by atoms with E-state index in [0.29, 0.717) is 5.92 Å². The molecule has 2 atom stereocenters. The van der Waals surface area contributed by atoms with Gasteiger partial charge in [0.1, 0.15) is 16.0 Å². The SMILES string of the molecule is CCCNCC1CCC1c1ccc(OC)c(Br)c1OC. The molecule has 1 aromatic rings. The number of methoxy groups -OCH3 is 2. The van der Waals surface area contributed by atoms with Gasteiger partial charge in [-0.3, -0.25) is 0 Å². The first-order chi connectivity index (χ1) is 9.72. The Bertz CT molecular complexity index is 450. The number of hydrogen-bond donors (Lipinski definition) is 1. The van der Waals surface area contributed by atoms with Gasteiger partial charge in [0, 0.05) is 0 Å². The molecule has 0 aliphatic heterocycles. The molecule has 0 spiro atoms. The molecule has 2 unspecified atom stereocenters. The van der Waals surface area contributed by atoms with E-state index in [2.05, 4.69) is 34.2 Å². The predicted molar refractivity (Wildman–Crippen MR) is 85.9 cm³/mol. The first kappa shape index (κ1) is 15.6. The minimum atomic E-state index is 0.594. The van der Waals surface area contributed by atoms with Crippen LogP contribution in [-0.2, 0) is 0 Å². The quantitative estimate of drug-likeness (QED) is 0.761. The smallest absolute Gasteiger partial charge is 0.140 e. The predicted octanol–water partition coefficient (Wildman–Crippen LogP) is 3.96. The minimum absolute atomic E-state index is 0.594. The maximum atomic E-state index is 5.60. The Hall–Kier alpha value is -0.740. The zero-order valence-corrected chi connectivity index (χ0v) is 14.1. The van der Waals surface area contributed by atoms with Crippen molar-refractivity contribution in [2.75, 3.05) is 27.3 Å². The first-order valence-electron chi connectivity index (χ1n) is 7.34. The van der Waals surface area contributed by atoms with E-state index in [4.69, 9.17) is 9.47 Å². The molecule has 1 saturated carbocycles. The molecule has 0 aromatic heterocycles. The third kappa shape index (κ3) is 3.12. The normalized spacial score (nSPS) is 21.4. The van der Waals surface area contributed by atoms with Gasteiger partial charge in [-0.25, -0.2) is 0 Å². The molecule has 0 amide bonds. The van der Waals surface area contributed by atoms with Crippen LogP contribution in [0.4, 0.5) is 0 Å². The average molecular weight is 342 g/mol. The molecule has 3 nitrogen and oxygen atoms in total. The monoisotopic (exact) mass is 341 g/mol. The van der Waals surface area contributed by atoms with Gasteiger partial charge < -0.3 is 14.8 Å².